The summed E-state index contributed by atoms with van der Waals surface area (Å²) < 4.78 is 38.5. The molecule has 1 amide bonds. The van der Waals surface area contributed by atoms with Crippen molar-refractivity contribution in [1.82, 2.24) is 5.32 Å². The molecule has 0 aliphatic carbocycles. The summed E-state index contributed by atoms with van der Waals surface area (Å²) >= 11 is 0. The average molecular weight is 374 g/mol. The lowest BCUT2D eigenvalue weighted by Gasteiger charge is -2.08. The van der Waals surface area contributed by atoms with Gasteiger partial charge in [0.05, 0.1) is 17.0 Å². The van der Waals surface area contributed by atoms with E-state index in [9.17, 15) is 28.1 Å². The van der Waals surface area contributed by atoms with Crippen LogP contribution in [0.5, 0.6) is 0 Å². The van der Waals surface area contributed by atoms with E-state index in [0.29, 0.717) is 5.56 Å². The standard InChI is InChI=1S/C19H13F3N2O3/c20-19(21,22)17-6-2-1-4-15(17)5-3-13-23-18(25)12-9-14-7-10-16(11-8-14)24(26)27/h1-2,4,6-12H,13H2,(H,23,25)/b12-9+. The Morgan fingerprint density at radius 1 is 1.15 bits per heavy atom. The molecule has 0 saturated heterocycles. The largest absolute Gasteiger partial charge is 0.417 e. The van der Waals surface area contributed by atoms with Gasteiger partial charge >= 0.3 is 6.18 Å². The van der Waals surface area contributed by atoms with Crippen LogP contribution in [0.4, 0.5) is 18.9 Å². The highest BCUT2D eigenvalue weighted by atomic mass is 19.4. The second kappa shape index (κ2) is 8.67. The summed E-state index contributed by atoms with van der Waals surface area (Å²) in [6.07, 6.45) is -1.85. The molecule has 0 atom stereocenters. The number of halogens is 3. The minimum Gasteiger partial charge on any atom is -0.342 e. The van der Waals surface area contributed by atoms with Crippen molar-refractivity contribution in [2.45, 2.75) is 6.18 Å². The smallest absolute Gasteiger partial charge is 0.342 e. The molecule has 8 heteroatoms. The van der Waals surface area contributed by atoms with Gasteiger partial charge in [0.1, 0.15) is 0 Å². The van der Waals surface area contributed by atoms with Crippen molar-refractivity contribution >= 4 is 17.7 Å². The van der Waals surface area contributed by atoms with Gasteiger partial charge in [-0.25, -0.2) is 0 Å². The van der Waals surface area contributed by atoms with Crippen LogP contribution in [0.1, 0.15) is 16.7 Å². The Morgan fingerprint density at radius 2 is 1.81 bits per heavy atom. The third-order valence-corrected chi connectivity index (χ3v) is 3.34. The van der Waals surface area contributed by atoms with E-state index < -0.39 is 22.6 Å². The van der Waals surface area contributed by atoms with Crippen LogP contribution in [0.3, 0.4) is 0 Å². The molecule has 2 aromatic rings. The number of nitrogens with one attached hydrogen (secondary N) is 1. The highest BCUT2D eigenvalue weighted by Crippen LogP contribution is 2.31. The molecule has 0 aliphatic heterocycles. The molecule has 27 heavy (non-hydrogen) atoms. The van der Waals surface area contributed by atoms with Crippen molar-refractivity contribution in [3.05, 3.63) is 81.4 Å². The molecule has 0 unspecified atom stereocenters. The fourth-order valence-corrected chi connectivity index (χ4v) is 2.05. The van der Waals surface area contributed by atoms with Gasteiger partial charge in [0.25, 0.3) is 5.69 Å². The lowest BCUT2D eigenvalue weighted by atomic mass is 10.1. The van der Waals surface area contributed by atoms with Crippen molar-refractivity contribution in [2.24, 2.45) is 0 Å². The van der Waals surface area contributed by atoms with Gasteiger partial charge in [0.2, 0.25) is 5.91 Å². The van der Waals surface area contributed by atoms with E-state index in [1.165, 1.54) is 54.6 Å². The summed E-state index contributed by atoms with van der Waals surface area (Å²) in [5.41, 5.74) is -0.477. The molecular formula is C19H13F3N2O3. The Hall–Kier alpha value is -3.60. The van der Waals surface area contributed by atoms with E-state index in [2.05, 4.69) is 17.2 Å². The van der Waals surface area contributed by atoms with Gasteiger partial charge in [0.15, 0.2) is 0 Å². The van der Waals surface area contributed by atoms with E-state index >= 15 is 0 Å². The van der Waals surface area contributed by atoms with E-state index in [1.807, 2.05) is 0 Å². The van der Waals surface area contributed by atoms with Crippen LogP contribution in [0.15, 0.2) is 54.6 Å². The van der Waals surface area contributed by atoms with Gasteiger partial charge in [-0.1, -0.05) is 24.0 Å². The van der Waals surface area contributed by atoms with Crippen LogP contribution < -0.4 is 5.32 Å². The van der Waals surface area contributed by atoms with Crippen molar-refractivity contribution in [1.29, 1.82) is 0 Å². The van der Waals surface area contributed by atoms with Gasteiger partial charge in [-0.3, -0.25) is 14.9 Å². The third kappa shape index (κ3) is 6.01. The predicted molar refractivity (Wildman–Crippen MR) is 93.5 cm³/mol. The Morgan fingerprint density at radius 3 is 2.44 bits per heavy atom. The van der Waals surface area contributed by atoms with Crippen molar-refractivity contribution in [3.63, 3.8) is 0 Å². The summed E-state index contributed by atoms with van der Waals surface area (Å²) in [6, 6.07) is 10.5. The second-order valence-corrected chi connectivity index (χ2v) is 5.24. The maximum Gasteiger partial charge on any atom is 0.417 e. The molecule has 2 rings (SSSR count). The highest BCUT2D eigenvalue weighted by Gasteiger charge is 2.32. The first kappa shape index (κ1) is 19.7. The maximum atomic E-state index is 12.8. The van der Waals surface area contributed by atoms with Crippen molar-refractivity contribution in [2.75, 3.05) is 6.54 Å². The first-order valence-corrected chi connectivity index (χ1v) is 7.63. The molecule has 0 aliphatic rings. The van der Waals surface area contributed by atoms with E-state index in [4.69, 9.17) is 0 Å². The Balaban J connectivity index is 1.92. The summed E-state index contributed by atoms with van der Waals surface area (Å²) in [7, 11) is 0. The zero-order chi connectivity index (χ0) is 19.9. The number of nitro groups is 1. The molecule has 138 valence electrons. The number of hydrogen-bond acceptors (Lipinski definition) is 3. The first-order chi connectivity index (χ1) is 12.8. The van der Waals surface area contributed by atoms with Gasteiger partial charge in [-0.05, 0) is 35.9 Å². The molecule has 0 radical (unpaired) electrons. The highest BCUT2D eigenvalue weighted by molar-refractivity contribution is 5.91. The second-order valence-electron chi connectivity index (χ2n) is 5.24. The number of non-ortho nitro benzene ring substituents is 1. The molecule has 0 aromatic heterocycles. The van der Waals surface area contributed by atoms with Crippen molar-refractivity contribution in [3.8, 4) is 11.8 Å². The Bertz CT molecular complexity index is 924. The number of carbonyl (C=O) groups excluding carboxylic acids is 1. The number of benzene rings is 2. The molecule has 0 spiro atoms. The van der Waals surface area contributed by atoms with E-state index in [-0.39, 0.29) is 17.8 Å². The topological polar surface area (TPSA) is 72.2 Å². The van der Waals surface area contributed by atoms with Crippen LogP contribution in [-0.4, -0.2) is 17.4 Å². The van der Waals surface area contributed by atoms with Crippen LogP contribution >= 0.6 is 0 Å². The average Bonchev–Trinajstić information content (AvgIpc) is 2.63. The van der Waals surface area contributed by atoms with Gasteiger partial charge in [0, 0.05) is 23.8 Å². The quantitative estimate of drug-likeness (QED) is 0.383. The number of carbonyl (C=O) groups is 1. The van der Waals surface area contributed by atoms with Crippen LogP contribution in [0.25, 0.3) is 6.08 Å². The molecule has 5 nitrogen and oxygen atoms in total. The minimum atomic E-state index is -4.50. The number of nitro benzene ring substituents is 1. The molecule has 2 aromatic carbocycles. The van der Waals surface area contributed by atoms with Crippen molar-refractivity contribution < 1.29 is 22.9 Å². The first-order valence-electron chi connectivity index (χ1n) is 7.63. The monoisotopic (exact) mass is 374 g/mol. The number of amides is 1. The van der Waals surface area contributed by atoms with Gasteiger partial charge in [-0.15, -0.1) is 0 Å². The normalized spacial score (nSPS) is 10.9. The number of hydrogen-bond donors (Lipinski definition) is 1. The fourth-order valence-electron chi connectivity index (χ4n) is 2.05. The lowest BCUT2D eigenvalue weighted by molar-refractivity contribution is -0.384. The van der Waals surface area contributed by atoms with Crippen LogP contribution in [0, 0.1) is 22.0 Å². The third-order valence-electron chi connectivity index (χ3n) is 3.34. The van der Waals surface area contributed by atoms with Gasteiger partial charge < -0.3 is 5.32 Å². The maximum absolute atomic E-state index is 12.8. The zero-order valence-corrected chi connectivity index (χ0v) is 13.8. The van der Waals surface area contributed by atoms with E-state index in [0.717, 1.165) is 6.07 Å². The fraction of sp³-hybridized carbons (Fsp3) is 0.105. The van der Waals surface area contributed by atoms with Crippen LogP contribution in [-0.2, 0) is 11.0 Å². The summed E-state index contributed by atoms with van der Waals surface area (Å²) in [5, 5.41) is 13.0. The zero-order valence-electron chi connectivity index (χ0n) is 13.8. The molecule has 1 N–H and O–H groups in total. The summed E-state index contributed by atoms with van der Waals surface area (Å²) in [6.45, 7) is -0.129. The molecular weight excluding hydrogens is 361 g/mol. The molecule has 0 fully saturated rings. The predicted octanol–water partition coefficient (Wildman–Crippen LogP) is 3.79. The summed E-state index contributed by atoms with van der Waals surface area (Å²) in [4.78, 5) is 21.7. The lowest BCUT2D eigenvalue weighted by Crippen LogP contribution is -2.21. The number of nitrogens with zero attached hydrogens (tertiary/aromatic N) is 1. The molecule has 0 saturated carbocycles. The molecule has 0 bridgehead atoms. The van der Waals surface area contributed by atoms with Gasteiger partial charge in [-0.2, -0.15) is 13.2 Å². The van der Waals surface area contributed by atoms with E-state index in [1.54, 1.807) is 0 Å². The molecule has 0 heterocycles. The number of alkyl halides is 3. The minimum absolute atomic E-state index is 0.0639. The summed E-state index contributed by atoms with van der Waals surface area (Å²) in [5.74, 6) is 4.37. The van der Waals surface area contributed by atoms with Crippen LogP contribution in [0.2, 0.25) is 0 Å². The Labute approximate surface area is 152 Å². The number of rotatable bonds is 4. The Kier molecular flexibility index (Phi) is 6.33. The SMILES string of the molecule is O=C(/C=C/c1ccc([N+](=O)[O-])cc1)NCC#Cc1ccccc1C(F)(F)F.